The molecule has 0 atom stereocenters. The minimum absolute atomic E-state index is 0.150. The molecule has 0 aliphatic carbocycles. The minimum atomic E-state index is -0.307. The maximum atomic E-state index is 12.2. The van der Waals surface area contributed by atoms with Crippen LogP contribution >= 0.6 is 0 Å². The number of nitrogens with one attached hydrogen (secondary N) is 2. The summed E-state index contributed by atoms with van der Waals surface area (Å²) < 4.78 is 4.98. The molecule has 26 heavy (non-hydrogen) atoms. The Balaban J connectivity index is 1.82. The molecule has 1 aromatic rings. The highest BCUT2D eigenvalue weighted by molar-refractivity contribution is 5.97. The zero-order chi connectivity index (χ0) is 18.9. The van der Waals surface area contributed by atoms with Crippen molar-refractivity contribution in [3.05, 3.63) is 29.8 Å². The number of anilines is 1. The van der Waals surface area contributed by atoms with E-state index in [1.54, 1.807) is 36.1 Å². The smallest absolute Gasteiger partial charge is 0.409 e. The van der Waals surface area contributed by atoms with Gasteiger partial charge in [-0.05, 0) is 32.0 Å². The first-order valence-corrected chi connectivity index (χ1v) is 8.85. The molecule has 0 radical (unpaired) electrons. The van der Waals surface area contributed by atoms with E-state index in [0.717, 1.165) is 0 Å². The molecule has 3 amide bonds. The lowest BCUT2D eigenvalue weighted by molar-refractivity contribution is -0.117. The molecule has 0 unspecified atom stereocenters. The summed E-state index contributed by atoms with van der Waals surface area (Å²) >= 11 is 0. The SMILES string of the molecule is CCNC(=O)c1cccc(NC(=O)CN2CCN(C(=O)OCC)CC2)c1. The van der Waals surface area contributed by atoms with Crippen LogP contribution in [0.1, 0.15) is 24.2 Å². The van der Waals surface area contributed by atoms with Crippen molar-refractivity contribution >= 4 is 23.6 Å². The molecule has 2 rings (SSSR count). The van der Waals surface area contributed by atoms with Crippen LogP contribution in [0, 0.1) is 0 Å². The van der Waals surface area contributed by atoms with E-state index < -0.39 is 0 Å². The van der Waals surface area contributed by atoms with Crippen molar-refractivity contribution in [1.29, 1.82) is 0 Å². The summed E-state index contributed by atoms with van der Waals surface area (Å²) in [5.41, 5.74) is 1.09. The van der Waals surface area contributed by atoms with Gasteiger partial charge in [-0.3, -0.25) is 14.5 Å². The first-order chi connectivity index (χ1) is 12.5. The number of ether oxygens (including phenoxy) is 1. The fraction of sp³-hybridized carbons (Fsp3) is 0.500. The number of piperazine rings is 1. The van der Waals surface area contributed by atoms with Gasteiger partial charge in [0.15, 0.2) is 0 Å². The second-order valence-electron chi connectivity index (χ2n) is 5.95. The monoisotopic (exact) mass is 362 g/mol. The largest absolute Gasteiger partial charge is 0.450 e. The molecule has 2 N–H and O–H groups in total. The third-order valence-electron chi connectivity index (χ3n) is 4.01. The van der Waals surface area contributed by atoms with Gasteiger partial charge in [0, 0.05) is 44.0 Å². The number of carbonyl (C=O) groups excluding carboxylic acids is 3. The number of hydrogen-bond donors (Lipinski definition) is 2. The van der Waals surface area contributed by atoms with Crippen LogP contribution < -0.4 is 10.6 Å². The maximum Gasteiger partial charge on any atom is 0.409 e. The highest BCUT2D eigenvalue weighted by Gasteiger charge is 2.23. The molecule has 142 valence electrons. The Morgan fingerprint density at radius 2 is 1.85 bits per heavy atom. The van der Waals surface area contributed by atoms with Gasteiger partial charge in [-0.1, -0.05) is 6.07 Å². The van der Waals surface area contributed by atoms with E-state index >= 15 is 0 Å². The van der Waals surface area contributed by atoms with Crippen molar-refractivity contribution in [2.75, 3.05) is 51.2 Å². The van der Waals surface area contributed by atoms with Gasteiger partial charge in [0.2, 0.25) is 5.91 Å². The van der Waals surface area contributed by atoms with E-state index in [9.17, 15) is 14.4 Å². The normalized spacial score (nSPS) is 14.6. The summed E-state index contributed by atoms with van der Waals surface area (Å²) in [4.78, 5) is 39.4. The Kier molecular flexibility index (Phi) is 7.40. The Bertz CT molecular complexity index is 642. The van der Waals surface area contributed by atoms with Crippen LogP contribution in [-0.4, -0.2) is 73.6 Å². The molecule has 8 nitrogen and oxygen atoms in total. The average molecular weight is 362 g/mol. The Labute approximate surface area is 153 Å². The number of nitrogens with zero attached hydrogens (tertiary/aromatic N) is 2. The van der Waals surface area contributed by atoms with Crippen molar-refractivity contribution in [1.82, 2.24) is 15.1 Å². The molecular formula is C18H26N4O4. The lowest BCUT2D eigenvalue weighted by Gasteiger charge is -2.33. The molecule has 1 aliphatic heterocycles. The number of amides is 3. The summed E-state index contributed by atoms with van der Waals surface area (Å²) in [6.45, 7) is 7.09. The highest BCUT2D eigenvalue weighted by Crippen LogP contribution is 2.11. The summed E-state index contributed by atoms with van der Waals surface area (Å²) in [5, 5.41) is 5.54. The quantitative estimate of drug-likeness (QED) is 0.792. The first kappa shape index (κ1) is 19.7. The van der Waals surface area contributed by atoms with E-state index in [4.69, 9.17) is 4.74 Å². The zero-order valence-electron chi connectivity index (χ0n) is 15.3. The van der Waals surface area contributed by atoms with Gasteiger partial charge in [0.1, 0.15) is 0 Å². The molecule has 1 heterocycles. The van der Waals surface area contributed by atoms with Crippen molar-refractivity contribution in [3.8, 4) is 0 Å². The summed E-state index contributed by atoms with van der Waals surface area (Å²) in [7, 11) is 0. The molecule has 1 saturated heterocycles. The summed E-state index contributed by atoms with van der Waals surface area (Å²) in [6, 6.07) is 6.84. The van der Waals surface area contributed by atoms with Gasteiger partial charge in [0.05, 0.1) is 13.2 Å². The van der Waals surface area contributed by atoms with E-state index in [1.807, 2.05) is 11.8 Å². The third-order valence-corrected chi connectivity index (χ3v) is 4.01. The molecule has 8 heteroatoms. The predicted molar refractivity (Wildman–Crippen MR) is 98.1 cm³/mol. The Hall–Kier alpha value is -2.61. The minimum Gasteiger partial charge on any atom is -0.450 e. The number of carbonyl (C=O) groups is 3. The molecule has 1 fully saturated rings. The van der Waals surface area contributed by atoms with Crippen molar-refractivity contribution in [2.45, 2.75) is 13.8 Å². The van der Waals surface area contributed by atoms with Crippen LogP contribution in [0.3, 0.4) is 0 Å². The van der Waals surface area contributed by atoms with Crippen LogP contribution in [0.15, 0.2) is 24.3 Å². The van der Waals surface area contributed by atoms with Crippen LogP contribution in [-0.2, 0) is 9.53 Å². The molecular weight excluding hydrogens is 336 g/mol. The molecule has 0 bridgehead atoms. The standard InChI is InChI=1S/C18H26N4O4/c1-3-19-17(24)14-6-5-7-15(12-14)20-16(23)13-21-8-10-22(11-9-21)18(25)26-4-2/h5-7,12H,3-4,8-11,13H2,1-2H3,(H,19,24)(H,20,23). The van der Waals surface area contributed by atoms with Gasteiger partial charge in [-0.2, -0.15) is 0 Å². The van der Waals surface area contributed by atoms with E-state index in [2.05, 4.69) is 10.6 Å². The van der Waals surface area contributed by atoms with Crippen LogP contribution in [0.4, 0.5) is 10.5 Å². The fourth-order valence-electron chi connectivity index (χ4n) is 2.71. The Morgan fingerprint density at radius 3 is 2.50 bits per heavy atom. The summed E-state index contributed by atoms with van der Waals surface area (Å²) in [6.07, 6.45) is -0.307. The van der Waals surface area contributed by atoms with Crippen LogP contribution in [0.25, 0.3) is 0 Å². The molecule has 0 saturated carbocycles. The van der Waals surface area contributed by atoms with E-state index in [0.29, 0.717) is 50.6 Å². The second-order valence-corrected chi connectivity index (χ2v) is 5.95. The zero-order valence-corrected chi connectivity index (χ0v) is 15.3. The van der Waals surface area contributed by atoms with Crippen LogP contribution in [0.5, 0.6) is 0 Å². The number of hydrogen-bond acceptors (Lipinski definition) is 5. The van der Waals surface area contributed by atoms with Gasteiger partial charge in [-0.15, -0.1) is 0 Å². The molecule has 0 spiro atoms. The summed E-state index contributed by atoms with van der Waals surface area (Å²) in [5.74, 6) is -0.318. The highest BCUT2D eigenvalue weighted by atomic mass is 16.6. The Morgan fingerprint density at radius 1 is 1.12 bits per heavy atom. The van der Waals surface area contributed by atoms with E-state index in [-0.39, 0.29) is 24.5 Å². The topological polar surface area (TPSA) is 91.0 Å². The van der Waals surface area contributed by atoms with Gasteiger partial charge in [0.25, 0.3) is 5.91 Å². The predicted octanol–water partition coefficient (Wildman–Crippen LogP) is 1.15. The van der Waals surface area contributed by atoms with E-state index in [1.165, 1.54) is 0 Å². The average Bonchev–Trinajstić information content (AvgIpc) is 2.63. The van der Waals surface area contributed by atoms with Gasteiger partial charge >= 0.3 is 6.09 Å². The third kappa shape index (κ3) is 5.73. The maximum absolute atomic E-state index is 12.2. The second kappa shape index (κ2) is 9.76. The van der Waals surface area contributed by atoms with Gasteiger partial charge in [-0.25, -0.2) is 4.79 Å². The number of rotatable bonds is 6. The first-order valence-electron chi connectivity index (χ1n) is 8.85. The molecule has 1 aromatic carbocycles. The van der Waals surface area contributed by atoms with Crippen LogP contribution in [0.2, 0.25) is 0 Å². The van der Waals surface area contributed by atoms with Crippen molar-refractivity contribution in [2.24, 2.45) is 0 Å². The lowest BCUT2D eigenvalue weighted by Crippen LogP contribution is -2.50. The fourth-order valence-corrected chi connectivity index (χ4v) is 2.71. The molecule has 1 aliphatic rings. The lowest BCUT2D eigenvalue weighted by atomic mass is 10.2. The van der Waals surface area contributed by atoms with Crippen molar-refractivity contribution < 1.29 is 19.1 Å². The number of benzene rings is 1. The van der Waals surface area contributed by atoms with Crippen molar-refractivity contribution in [3.63, 3.8) is 0 Å². The van der Waals surface area contributed by atoms with Gasteiger partial charge < -0.3 is 20.3 Å². The molecule has 0 aromatic heterocycles.